The van der Waals surface area contributed by atoms with E-state index in [0.29, 0.717) is 18.1 Å². The van der Waals surface area contributed by atoms with Gasteiger partial charge in [0.25, 0.3) is 0 Å². The molecule has 2 aromatic rings. The first-order valence-corrected chi connectivity index (χ1v) is 8.22. The van der Waals surface area contributed by atoms with E-state index in [1.54, 1.807) is 0 Å². The van der Waals surface area contributed by atoms with E-state index < -0.39 is 0 Å². The van der Waals surface area contributed by atoms with Crippen molar-refractivity contribution >= 4 is 11.0 Å². The summed E-state index contributed by atoms with van der Waals surface area (Å²) >= 11 is 0. The van der Waals surface area contributed by atoms with Gasteiger partial charge in [-0.15, -0.1) is 0 Å². The van der Waals surface area contributed by atoms with E-state index in [2.05, 4.69) is 30.4 Å². The molecule has 3 heterocycles. The van der Waals surface area contributed by atoms with Gasteiger partial charge in [-0.25, -0.2) is 0 Å². The Morgan fingerprint density at radius 2 is 2.19 bits per heavy atom. The lowest BCUT2D eigenvalue weighted by atomic mass is 9.82. The van der Waals surface area contributed by atoms with Crippen LogP contribution >= 0.6 is 0 Å². The van der Waals surface area contributed by atoms with Gasteiger partial charge in [0.2, 0.25) is 0 Å². The van der Waals surface area contributed by atoms with E-state index in [9.17, 15) is 0 Å². The van der Waals surface area contributed by atoms with Crippen molar-refractivity contribution in [1.29, 1.82) is 0 Å². The molecule has 0 aliphatic carbocycles. The maximum Gasteiger partial charge on any atom is 0.134 e. The van der Waals surface area contributed by atoms with E-state index in [-0.39, 0.29) is 6.04 Å². The van der Waals surface area contributed by atoms with Crippen LogP contribution in [0.2, 0.25) is 0 Å². The van der Waals surface area contributed by atoms with Crippen LogP contribution in [0.1, 0.15) is 44.4 Å². The third kappa shape index (κ3) is 2.39. The Morgan fingerprint density at radius 3 is 2.90 bits per heavy atom. The van der Waals surface area contributed by atoms with Gasteiger partial charge in [-0.2, -0.15) is 0 Å². The Hall–Kier alpha value is -1.32. The van der Waals surface area contributed by atoms with Crippen molar-refractivity contribution in [2.45, 2.75) is 50.9 Å². The van der Waals surface area contributed by atoms with Crippen LogP contribution in [0.5, 0.6) is 0 Å². The maximum absolute atomic E-state index is 6.13. The molecule has 0 saturated carbocycles. The monoisotopic (exact) mass is 285 g/mol. The Bertz CT molecular complexity index is 587. The van der Waals surface area contributed by atoms with Crippen molar-refractivity contribution < 1.29 is 9.15 Å². The summed E-state index contributed by atoms with van der Waals surface area (Å²) in [5.41, 5.74) is 0.986. The van der Waals surface area contributed by atoms with Crippen molar-refractivity contribution in [3.63, 3.8) is 0 Å². The number of rotatable bonds is 5. The SMILES string of the molecule is CCCNC(c1cc2ccccc2o1)C1CC2CCC1O2. The molecule has 1 aromatic heterocycles. The van der Waals surface area contributed by atoms with Crippen LogP contribution in [0, 0.1) is 5.92 Å². The highest BCUT2D eigenvalue weighted by Crippen LogP contribution is 2.45. The highest BCUT2D eigenvalue weighted by molar-refractivity contribution is 5.77. The molecule has 2 aliphatic heterocycles. The zero-order valence-electron chi connectivity index (χ0n) is 12.5. The standard InChI is InChI=1S/C18H23NO2/c1-2-9-19-18(14-11-13-7-8-16(14)20-13)17-10-12-5-3-4-6-15(12)21-17/h3-6,10,13-14,16,18-19H,2,7-9,11H2,1H3. The second-order valence-corrected chi connectivity index (χ2v) is 6.39. The topological polar surface area (TPSA) is 34.4 Å². The summed E-state index contributed by atoms with van der Waals surface area (Å²) < 4.78 is 12.2. The first-order valence-electron chi connectivity index (χ1n) is 8.22. The molecule has 2 bridgehead atoms. The van der Waals surface area contributed by atoms with E-state index in [0.717, 1.165) is 24.3 Å². The number of fused-ring (bicyclic) bond motifs is 3. The van der Waals surface area contributed by atoms with Gasteiger partial charge in [-0.05, 0) is 44.4 Å². The van der Waals surface area contributed by atoms with Gasteiger partial charge < -0.3 is 14.5 Å². The van der Waals surface area contributed by atoms with Crippen LogP contribution in [0.25, 0.3) is 11.0 Å². The first kappa shape index (κ1) is 13.4. The second-order valence-electron chi connectivity index (χ2n) is 6.39. The molecule has 2 saturated heterocycles. The van der Waals surface area contributed by atoms with Crippen LogP contribution in [-0.4, -0.2) is 18.8 Å². The Labute approximate surface area is 125 Å². The highest BCUT2D eigenvalue weighted by Gasteiger charge is 2.45. The molecule has 2 fully saturated rings. The molecule has 112 valence electrons. The lowest BCUT2D eigenvalue weighted by molar-refractivity contribution is 0.0838. The quantitative estimate of drug-likeness (QED) is 0.900. The van der Waals surface area contributed by atoms with Crippen LogP contribution in [0.3, 0.4) is 0 Å². The molecule has 0 amide bonds. The Kier molecular flexibility index (Phi) is 3.48. The number of furan rings is 1. The van der Waals surface area contributed by atoms with Gasteiger partial charge in [0.05, 0.1) is 18.2 Å². The molecule has 21 heavy (non-hydrogen) atoms. The molecule has 4 rings (SSSR count). The zero-order valence-corrected chi connectivity index (χ0v) is 12.5. The summed E-state index contributed by atoms with van der Waals surface area (Å²) in [6.07, 6.45) is 5.65. The number of nitrogens with one attached hydrogen (secondary N) is 1. The largest absolute Gasteiger partial charge is 0.459 e. The van der Waals surface area contributed by atoms with E-state index in [1.165, 1.54) is 24.6 Å². The Balaban J connectivity index is 1.65. The van der Waals surface area contributed by atoms with E-state index in [4.69, 9.17) is 9.15 Å². The van der Waals surface area contributed by atoms with E-state index in [1.807, 2.05) is 12.1 Å². The maximum atomic E-state index is 6.13. The van der Waals surface area contributed by atoms with Gasteiger partial charge in [-0.3, -0.25) is 0 Å². The molecule has 0 radical (unpaired) electrons. The number of para-hydroxylation sites is 1. The van der Waals surface area contributed by atoms with Crippen molar-refractivity contribution in [2.75, 3.05) is 6.54 Å². The fourth-order valence-electron chi connectivity index (χ4n) is 3.95. The molecule has 3 heteroatoms. The average molecular weight is 285 g/mol. The lowest BCUT2D eigenvalue weighted by Crippen LogP contribution is -2.34. The molecule has 1 aromatic carbocycles. The lowest BCUT2D eigenvalue weighted by Gasteiger charge is -2.27. The molecule has 4 atom stereocenters. The first-order chi connectivity index (χ1) is 10.3. The number of benzene rings is 1. The van der Waals surface area contributed by atoms with Gasteiger partial charge in [0.1, 0.15) is 11.3 Å². The summed E-state index contributed by atoms with van der Waals surface area (Å²) in [6.45, 7) is 3.23. The minimum Gasteiger partial charge on any atom is -0.459 e. The van der Waals surface area contributed by atoms with Crippen molar-refractivity contribution in [1.82, 2.24) is 5.32 Å². The minimum atomic E-state index is 0.285. The summed E-state index contributed by atoms with van der Waals surface area (Å²) in [4.78, 5) is 0. The van der Waals surface area contributed by atoms with Crippen LogP contribution < -0.4 is 5.32 Å². The third-order valence-corrected chi connectivity index (χ3v) is 4.95. The predicted octanol–water partition coefficient (Wildman–Crippen LogP) is 4.04. The number of ether oxygens (including phenoxy) is 1. The molecule has 4 unspecified atom stereocenters. The Morgan fingerprint density at radius 1 is 1.29 bits per heavy atom. The smallest absolute Gasteiger partial charge is 0.134 e. The van der Waals surface area contributed by atoms with Crippen molar-refractivity contribution in [2.24, 2.45) is 5.92 Å². The fourth-order valence-corrected chi connectivity index (χ4v) is 3.95. The predicted molar refractivity (Wildman–Crippen MR) is 83.3 cm³/mol. The number of hydrogen-bond donors (Lipinski definition) is 1. The number of hydrogen-bond acceptors (Lipinski definition) is 3. The van der Waals surface area contributed by atoms with Gasteiger partial charge in [-0.1, -0.05) is 25.1 Å². The van der Waals surface area contributed by atoms with Gasteiger partial charge in [0, 0.05) is 11.3 Å². The molecule has 0 spiro atoms. The molecule has 3 nitrogen and oxygen atoms in total. The second kappa shape index (κ2) is 5.47. The normalized spacial score (nSPS) is 29.3. The van der Waals surface area contributed by atoms with E-state index >= 15 is 0 Å². The van der Waals surface area contributed by atoms with Crippen molar-refractivity contribution in [3.8, 4) is 0 Å². The van der Waals surface area contributed by atoms with Gasteiger partial charge >= 0.3 is 0 Å². The zero-order chi connectivity index (χ0) is 14.2. The van der Waals surface area contributed by atoms with Gasteiger partial charge in [0.15, 0.2) is 0 Å². The molecule has 2 aliphatic rings. The van der Waals surface area contributed by atoms with Crippen LogP contribution in [0.15, 0.2) is 34.7 Å². The third-order valence-electron chi connectivity index (χ3n) is 4.95. The summed E-state index contributed by atoms with van der Waals surface area (Å²) in [5.74, 6) is 1.63. The van der Waals surface area contributed by atoms with Crippen LogP contribution in [-0.2, 0) is 4.74 Å². The van der Waals surface area contributed by atoms with Crippen LogP contribution in [0.4, 0.5) is 0 Å². The highest BCUT2D eigenvalue weighted by atomic mass is 16.5. The summed E-state index contributed by atoms with van der Waals surface area (Å²) in [5, 5.41) is 4.89. The summed E-state index contributed by atoms with van der Waals surface area (Å²) in [7, 11) is 0. The molecule has 1 N–H and O–H groups in total. The average Bonchev–Trinajstić information content (AvgIpc) is 3.22. The molecular formula is C18H23NO2. The molecular weight excluding hydrogens is 262 g/mol. The summed E-state index contributed by atoms with van der Waals surface area (Å²) in [6, 6.07) is 10.8. The van der Waals surface area contributed by atoms with Crippen molar-refractivity contribution in [3.05, 3.63) is 36.1 Å². The fraction of sp³-hybridized carbons (Fsp3) is 0.556. The minimum absolute atomic E-state index is 0.285.